The Morgan fingerprint density at radius 2 is 2.14 bits per heavy atom. The van der Waals surface area contributed by atoms with Crippen LogP contribution in [0.2, 0.25) is 0 Å². The highest BCUT2D eigenvalue weighted by Crippen LogP contribution is 2.31. The van der Waals surface area contributed by atoms with Crippen LogP contribution in [0, 0.1) is 13.8 Å². The fourth-order valence-electron chi connectivity index (χ4n) is 2.17. The highest BCUT2D eigenvalue weighted by Gasteiger charge is 2.15. The lowest BCUT2D eigenvalue weighted by Crippen LogP contribution is -2.12. The average Bonchev–Trinajstić information content (AvgIpc) is 2.79. The minimum absolute atomic E-state index is 0.131. The summed E-state index contributed by atoms with van der Waals surface area (Å²) in [6, 6.07) is 2.33. The summed E-state index contributed by atoms with van der Waals surface area (Å²) in [5.74, 6) is 1.06. The van der Waals surface area contributed by atoms with Crippen LogP contribution in [0.3, 0.4) is 0 Å². The van der Waals surface area contributed by atoms with E-state index in [0.29, 0.717) is 24.0 Å². The molecule has 2 aromatic rings. The minimum atomic E-state index is 0.131. The maximum Gasteiger partial charge on any atom is 0.242 e. The zero-order chi connectivity index (χ0) is 15.4. The lowest BCUT2D eigenvalue weighted by Gasteiger charge is -2.17. The Morgan fingerprint density at radius 3 is 2.76 bits per heavy atom. The van der Waals surface area contributed by atoms with E-state index < -0.39 is 0 Å². The Bertz CT molecular complexity index is 612. The molecule has 6 heteroatoms. The molecule has 0 aliphatic carbocycles. The van der Waals surface area contributed by atoms with E-state index in [1.807, 2.05) is 6.92 Å². The second-order valence-electron chi connectivity index (χ2n) is 5.02. The van der Waals surface area contributed by atoms with Crippen molar-refractivity contribution in [3.63, 3.8) is 0 Å². The molecule has 1 unspecified atom stereocenters. The highest BCUT2D eigenvalue weighted by atomic mass is 32.1. The smallest absolute Gasteiger partial charge is 0.242 e. The molecule has 2 aromatic heterocycles. The van der Waals surface area contributed by atoms with Gasteiger partial charge in [-0.15, -0.1) is 11.3 Å². The molecule has 0 aliphatic heterocycles. The van der Waals surface area contributed by atoms with Gasteiger partial charge in [-0.25, -0.2) is 4.98 Å². The van der Waals surface area contributed by atoms with Crippen LogP contribution in [0.15, 0.2) is 12.4 Å². The number of nitrogens with zero attached hydrogens (tertiary/aromatic N) is 2. The van der Waals surface area contributed by atoms with E-state index in [2.05, 4.69) is 42.1 Å². The molecule has 0 saturated carbocycles. The zero-order valence-corrected chi connectivity index (χ0v) is 13.8. The van der Waals surface area contributed by atoms with Gasteiger partial charge in [0.15, 0.2) is 5.82 Å². The van der Waals surface area contributed by atoms with Crippen LogP contribution in [0.4, 0.5) is 11.5 Å². The summed E-state index contributed by atoms with van der Waals surface area (Å²) in [6.45, 7) is 8.98. The first kappa shape index (κ1) is 15.6. The van der Waals surface area contributed by atoms with Gasteiger partial charge in [0, 0.05) is 9.75 Å². The summed E-state index contributed by atoms with van der Waals surface area (Å²) in [7, 11) is 0. The van der Waals surface area contributed by atoms with Crippen LogP contribution in [0.5, 0.6) is 5.88 Å². The number of anilines is 2. The van der Waals surface area contributed by atoms with Crippen LogP contribution in [0.1, 0.15) is 41.6 Å². The van der Waals surface area contributed by atoms with Crippen LogP contribution < -0.4 is 15.8 Å². The number of aryl methyl sites for hydroxylation is 2. The van der Waals surface area contributed by atoms with Crippen molar-refractivity contribution >= 4 is 22.8 Å². The van der Waals surface area contributed by atoms with Crippen LogP contribution in [0.25, 0.3) is 0 Å². The number of nitrogens with one attached hydrogen (secondary N) is 1. The van der Waals surface area contributed by atoms with Gasteiger partial charge in [0.2, 0.25) is 5.88 Å². The SMILES string of the molecule is CCCOc1ncnc(NC(C)c2cc(C)sc2C)c1N. The van der Waals surface area contributed by atoms with Crippen molar-refractivity contribution in [3.8, 4) is 5.88 Å². The molecule has 2 rings (SSSR count). The molecular formula is C15H22N4OS. The number of hydrogen-bond donors (Lipinski definition) is 2. The van der Waals surface area contributed by atoms with Gasteiger partial charge < -0.3 is 15.8 Å². The third kappa shape index (κ3) is 3.64. The first-order chi connectivity index (χ1) is 10.0. The summed E-state index contributed by atoms with van der Waals surface area (Å²) in [5.41, 5.74) is 7.81. The molecule has 3 N–H and O–H groups in total. The van der Waals surface area contributed by atoms with E-state index in [1.54, 1.807) is 11.3 Å². The molecule has 0 saturated heterocycles. The number of rotatable bonds is 6. The van der Waals surface area contributed by atoms with Gasteiger partial charge in [0.1, 0.15) is 12.0 Å². The lowest BCUT2D eigenvalue weighted by molar-refractivity contribution is 0.306. The van der Waals surface area contributed by atoms with Crippen molar-refractivity contribution < 1.29 is 4.74 Å². The molecule has 2 heterocycles. The minimum Gasteiger partial charge on any atom is -0.476 e. The van der Waals surface area contributed by atoms with Gasteiger partial charge >= 0.3 is 0 Å². The molecule has 5 nitrogen and oxygen atoms in total. The largest absolute Gasteiger partial charge is 0.476 e. The Labute approximate surface area is 129 Å². The van der Waals surface area contributed by atoms with Crippen LogP contribution >= 0.6 is 11.3 Å². The van der Waals surface area contributed by atoms with E-state index >= 15 is 0 Å². The molecule has 0 aromatic carbocycles. The van der Waals surface area contributed by atoms with Gasteiger partial charge in [-0.1, -0.05) is 6.92 Å². The van der Waals surface area contributed by atoms with Crippen molar-refractivity contribution in [2.45, 2.75) is 40.2 Å². The van der Waals surface area contributed by atoms with E-state index in [0.717, 1.165) is 6.42 Å². The van der Waals surface area contributed by atoms with Crippen LogP contribution in [-0.2, 0) is 0 Å². The second-order valence-corrected chi connectivity index (χ2v) is 6.48. The van der Waals surface area contributed by atoms with Crippen LogP contribution in [-0.4, -0.2) is 16.6 Å². The zero-order valence-electron chi connectivity index (χ0n) is 12.9. The molecule has 1 atom stereocenters. The van der Waals surface area contributed by atoms with Crippen molar-refractivity contribution in [1.29, 1.82) is 0 Å². The fourth-order valence-corrected chi connectivity index (χ4v) is 3.19. The Hall–Kier alpha value is -1.82. The van der Waals surface area contributed by atoms with Gasteiger partial charge in [0.25, 0.3) is 0 Å². The quantitative estimate of drug-likeness (QED) is 0.851. The third-order valence-electron chi connectivity index (χ3n) is 3.19. The molecule has 0 spiro atoms. The standard InChI is InChI=1S/C15H22N4OS/c1-5-6-20-15-13(16)14(17-8-18-15)19-10(3)12-7-9(2)21-11(12)4/h7-8,10H,5-6,16H2,1-4H3,(H,17,18,19). The molecule has 0 bridgehead atoms. The predicted octanol–water partition coefficient (Wildman–Crippen LogP) is 3.70. The first-order valence-corrected chi connectivity index (χ1v) is 7.91. The first-order valence-electron chi connectivity index (χ1n) is 7.09. The molecule has 0 fully saturated rings. The summed E-state index contributed by atoms with van der Waals surface area (Å²) in [4.78, 5) is 10.9. The van der Waals surface area contributed by atoms with Gasteiger partial charge in [-0.3, -0.25) is 0 Å². The van der Waals surface area contributed by atoms with E-state index in [-0.39, 0.29) is 6.04 Å². The fraction of sp³-hybridized carbons (Fsp3) is 0.467. The molecule has 0 amide bonds. The molecule has 21 heavy (non-hydrogen) atoms. The van der Waals surface area contributed by atoms with Gasteiger partial charge in [0.05, 0.1) is 12.6 Å². The van der Waals surface area contributed by atoms with Crippen molar-refractivity contribution in [3.05, 3.63) is 27.7 Å². The second kappa shape index (κ2) is 6.76. The molecule has 114 valence electrons. The number of thiophene rings is 1. The van der Waals surface area contributed by atoms with Gasteiger partial charge in [-0.05, 0) is 38.8 Å². The van der Waals surface area contributed by atoms with E-state index in [4.69, 9.17) is 10.5 Å². The Kier molecular flexibility index (Phi) is 5.01. The number of ether oxygens (including phenoxy) is 1. The third-order valence-corrected chi connectivity index (χ3v) is 4.17. The van der Waals surface area contributed by atoms with Crippen molar-refractivity contribution in [2.75, 3.05) is 17.7 Å². The topological polar surface area (TPSA) is 73.1 Å². The average molecular weight is 306 g/mol. The maximum atomic E-state index is 6.08. The Morgan fingerprint density at radius 1 is 1.38 bits per heavy atom. The number of hydrogen-bond acceptors (Lipinski definition) is 6. The Balaban J connectivity index is 2.17. The normalized spacial score (nSPS) is 12.2. The molecular weight excluding hydrogens is 284 g/mol. The van der Waals surface area contributed by atoms with E-state index in [9.17, 15) is 0 Å². The van der Waals surface area contributed by atoms with Crippen molar-refractivity contribution in [2.24, 2.45) is 0 Å². The number of nitrogen functional groups attached to an aromatic ring is 1. The summed E-state index contributed by atoms with van der Waals surface area (Å²) >= 11 is 1.80. The van der Waals surface area contributed by atoms with Crippen molar-refractivity contribution in [1.82, 2.24) is 9.97 Å². The summed E-state index contributed by atoms with van der Waals surface area (Å²) in [6.07, 6.45) is 2.39. The lowest BCUT2D eigenvalue weighted by atomic mass is 10.1. The summed E-state index contributed by atoms with van der Waals surface area (Å²) < 4.78 is 5.53. The number of aromatic nitrogens is 2. The maximum absolute atomic E-state index is 6.08. The molecule has 0 radical (unpaired) electrons. The monoisotopic (exact) mass is 306 g/mol. The summed E-state index contributed by atoms with van der Waals surface area (Å²) in [5, 5.41) is 3.35. The predicted molar refractivity (Wildman–Crippen MR) is 88.1 cm³/mol. The van der Waals surface area contributed by atoms with Gasteiger partial charge in [-0.2, -0.15) is 4.98 Å². The highest BCUT2D eigenvalue weighted by molar-refractivity contribution is 7.12. The number of nitrogens with two attached hydrogens (primary N) is 1. The molecule has 0 aliphatic rings. The van der Waals surface area contributed by atoms with E-state index in [1.165, 1.54) is 21.6 Å².